The molecule has 2 aromatic carbocycles. The van der Waals surface area contributed by atoms with E-state index < -0.39 is 0 Å². The lowest BCUT2D eigenvalue weighted by atomic mass is 10.2. The number of fused-ring (bicyclic) bond motifs is 1. The van der Waals surface area contributed by atoms with Crippen LogP contribution in [0.1, 0.15) is 10.6 Å². The highest BCUT2D eigenvalue weighted by atomic mass is 32.1. The van der Waals surface area contributed by atoms with Crippen LogP contribution >= 0.6 is 11.3 Å². The van der Waals surface area contributed by atoms with E-state index in [1.54, 1.807) is 24.3 Å². The summed E-state index contributed by atoms with van der Waals surface area (Å²) in [6.45, 7) is 2.37. The van der Waals surface area contributed by atoms with E-state index in [1.807, 2.05) is 24.3 Å². The molecule has 0 bridgehead atoms. The summed E-state index contributed by atoms with van der Waals surface area (Å²) in [5.41, 5.74) is 2.45. The zero-order valence-corrected chi connectivity index (χ0v) is 11.3. The zero-order chi connectivity index (χ0) is 13.2. The number of aryl methyl sites for hydroxylation is 1. The van der Waals surface area contributed by atoms with Crippen LogP contribution in [0.5, 0.6) is 0 Å². The van der Waals surface area contributed by atoms with Crippen LogP contribution in [0.2, 0.25) is 0 Å². The van der Waals surface area contributed by atoms with Crippen LogP contribution in [0.15, 0.2) is 42.5 Å². The van der Waals surface area contributed by atoms with E-state index in [0.717, 1.165) is 16.2 Å². The van der Waals surface area contributed by atoms with Gasteiger partial charge in [-0.2, -0.15) is 0 Å². The van der Waals surface area contributed by atoms with Crippen LogP contribution in [0.4, 0.5) is 10.1 Å². The molecule has 1 aromatic heterocycles. The van der Waals surface area contributed by atoms with Gasteiger partial charge in [0.1, 0.15) is 10.8 Å². The maximum atomic E-state index is 13.4. The van der Waals surface area contributed by atoms with Crippen LogP contribution in [0.3, 0.4) is 0 Å². The summed E-state index contributed by atoms with van der Waals surface area (Å²) in [6, 6.07) is 13.2. The van der Waals surface area contributed by atoms with Gasteiger partial charge in [-0.05, 0) is 36.8 Å². The Hall–Kier alpha value is -1.94. The Bertz CT molecular complexity index is 688. The van der Waals surface area contributed by atoms with Crippen molar-refractivity contribution in [1.29, 1.82) is 0 Å². The largest absolute Gasteiger partial charge is 0.378 e. The second-order valence-electron chi connectivity index (χ2n) is 4.39. The monoisotopic (exact) mass is 272 g/mol. The van der Waals surface area contributed by atoms with Crippen LogP contribution in [-0.2, 0) is 6.54 Å². The summed E-state index contributed by atoms with van der Waals surface area (Å²) in [6.07, 6.45) is 0. The first-order valence-electron chi connectivity index (χ1n) is 6.07. The van der Waals surface area contributed by atoms with Crippen molar-refractivity contribution in [3.05, 3.63) is 58.9 Å². The maximum Gasteiger partial charge on any atom is 0.128 e. The Labute approximate surface area is 114 Å². The summed E-state index contributed by atoms with van der Waals surface area (Å²) in [5.74, 6) is -0.186. The van der Waals surface area contributed by atoms with Crippen LogP contribution in [-0.4, -0.2) is 4.98 Å². The third kappa shape index (κ3) is 2.58. The van der Waals surface area contributed by atoms with Crippen LogP contribution in [0, 0.1) is 12.7 Å². The molecule has 0 spiro atoms. The number of aromatic nitrogens is 1. The van der Waals surface area contributed by atoms with E-state index in [0.29, 0.717) is 12.1 Å². The predicted molar refractivity (Wildman–Crippen MR) is 78.1 cm³/mol. The molecule has 0 radical (unpaired) electrons. The van der Waals surface area contributed by atoms with E-state index in [-0.39, 0.29) is 5.82 Å². The molecule has 0 amide bonds. The number of para-hydroxylation sites is 1. The molecule has 4 heteroatoms. The second-order valence-corrected chi connectivity index (χ2v) is 5.51. The van der Waals surface area contributed by atoms with Gasteiger partial charge in [0.2, 0.25) is 0 Å². The van der Waals surface area contributed by atoms with Gasteiger partial charge in [0, 0.05) is 5.69 Å². The normalized spacial score (nSPS) is 10.8. The topological polar surface area (TPSA) is 24.9 Å². The first-order valence-corrected chi connectivity index (χ1v) is 6.88. The maximum absolute atomic E-state index is 13.4. The molecule has 19 heavy (non-hydrogen) atoms. The van der Waals surface area contributed by atoms with Crippen molar-refractivity contribution in [2.45, 2.75) is 13.5 Å². The summed E-state index contributed by atoms with van der Waals surface area (Å²) in [5, 5.41) is 4.20. The average molecular weight is 272 g/mol. The lowest BCUT2D eigenvalue weighted by Crippen LogP contribution is -1.99. The van der Waals surface area contributed by atoms with Gasteiger partial charge in [-0.25, -0.2) is 9.37 Å². The molecule has 0 aliphatic carbocycles. The first kappa shape index (κ1) is 12.1. The highest BCUT2D eigenvalue weighted by Crippen LogP contribution is 2.22. The summed E-state index contributed by atoms with van der Waals surface area (Å²) < 4.78 is 14.6. The minimum absolute atomic E-state index is 0.186. The van der Waals surface area contributed by atoms with Crippen molar-refractivity contribution >= 4 is 27.2 Å². The number of anilines is 1. The molecule has 0 aliphatic heterocycles. The van der Waals surface area contributed by atoms with Gasteiger partial charge in [-0.3, -0.25) is 0 Å². The van der Waals surface area contributed by atoms with Crippen molar-refractivity contribution in [2.24, 2.45) is 0 Å². The minimum Gasteiger partial charge on any atom is -0.378 e. The minimum atomic E-state index is -0.186. The van der Waals surface area contributed by atoms with Crippen molar-refractivity contribution in [3.8, 4) is 0 Å². The molecule has 2 nitrogen and oxygen atoms in total. The average Bonchev–Trinajstić information content (AvgIpc) is 2.83. The quantitative estimate of drug-likeness (QED) is 0.766. The summed E-state index contributed by atoms with van der Waals surface area (Å²) >= 11 is 1.66. The first-order chi connectivity index (χ1) is 9.22. The van der Waals surface area contributed by atoms with Crippen molar-refractivity contribution in [2.75, 3.05) is 5.32 Å². The number of halogens is 1. The SMILES string of the molecule is Cc1ccc(NCc2nc3ccccc3s2)cc1F. The van der Waals surface area contributed by atoms with Gasteiger partial charge in [0.15, 0.2) is 0 Å². The van der Waals surface area contributed by atoms with E-state index in [4.69, 9.17) is 0 Å². The molecule has 96 valence electrons. The molecule has 3 aromatic rings. The van der Waals surface area contributed by atoms with Gasteiger partial charge >= 0.3 is 0 Å². The smallest absolute Gasteiger partial charge is 0.128 e. The second kappa shape index (κ2) is 4.97. The standard InChI is InChI=1S/C15H13FN2S/c1-10-6-7-11(8-12(10)16)17-9-15-18-13-4-2-3-5-14(13)19-15/h2-8,17H,9H2,1H3. The lowest BCUT2D eigenvalue weighted by molar-refractivity contribution is 0.619. The third-order valence-electron chi connectivity index (χ3n) is 2.95. The summed E-state index contributed by atoms with van der Waals surface area (Å²) in [4.78, 5) is 4.53. The number of nitrogens with zero attached hydrogens (tertiary/aromatic N) is 1. The molecule has 0 saturated heterocycles. The fourth-order valence-electron chi connectivity index (χ4n) is 1.88. The van der Waals surface area contributed by atoms with Crippen molar-refractivity contribution in [1.82, 2.24) is 4.98 Å². The predicted octanol–water partition coefficient (Wildman–Crippen LogP) is 4.36. The van der Waals surface area contributed by atoms with E-state index >= 15 is 0 Å². The van der Waals surface area contributed by atoms with Gasteiger partial charge in [-0.1, -0.05) is 18.2 Å². The molecule has 1 N–H and O–H groups in total. The highest BCUT2D eigenvalue weighted by Gasteiger charge is 2.04. The van der Waals surface area contributed by atoms with E-state index in [1.165, 1.54) is 10.8 Å². The Morgan fingerprint density at radius 3 is 2.84 bits per heavy atom. The number of rotatable bonds is 3. The van der Waals surface area contributed by atoms with Crippen LogP contribution in [0.25, 0.3) is 10.2 Å². The van der Waals surface area contributed by atoms with E-state index in [9.17, 15) is 4.39 Å². The van der Waals surface area contributed by atoms with E-state index in [2.05, 4.69) is 16.4 Å². The fourth-order valence-corrected chi connectivity index (χ4v) is 2.78. The number of hydrogen-bond acceptors (Lipinski definition) is 3. The number of hydrogen-bond donors (Lipinski definition) is 1. The number of benzene rings is 2. The fraction of sp³-hybridized carbons (Fsp3) is 0.133. The number of thiazole rings is 1. The van der Waals surface area contributed by atoms with Gasteiger partial charge in [0.05, 0.1) is 16.8 Å². The molecular weight excluding hydrogens is 259 g/mol. The molecular formula is C15H13FN2S. The zero-order valence-electron chi connectivity index (χ0n) is 10.5. The highest BCUT2D eigenvalue weighted by molar-refractivity contribution is 7.18. The molecule has 0 aliphatic rings. The van der Waals surface area contributed by atoms with Gasteiger partial charge < -0.3 is 5.32 Å². The molecule has 0 atom stereocenters. The molecule has 0 unspecified atom stereocenters. The Kier molecular flexibility index (Phi) is 3.17. The Morgan fingerprint density at radius 2 is 2.05 bits per heavy atom. The molecule has 0 fully saturated rings. The molecule has 3 rings (SSSR count). The number of nitrogens with one attached hydrogen (secondary N) is 1. The Balaban J connectivity index is 1.76. The molecule has 0 saturated carbocycles. The third-order valence-corrected chi connectivity index (χ3v) is 3.99. The summed E-state index contributed by atoms with van der Waals surface area (Å²) in [7, 11) is 0. The van der Waals surface area contributed by atoms with Gasteiger partial charge in [0.25, 0.3) is 0 Å². The Morgan fingerprint density at radius 1 is 1.21 bits per heavy atom. The molecule has 1 heterocycles. The van der Waals surface area contributed by atoms with Gasteiger partial charge in [-0.15, -0.1) is 11.3 Å². The van der Waals surface area contributed by atoms with Crippen molar-refractivity contribution < 1.29 is 4.39 Å². The lowest BCUT2D eigenvalue weighted by Gasteiger charge is -2.05. The van der Waals surface area contributed by atoms with Crippen LogP contribution < -0.4 is 5.32 Å². The van der Waals surface area contributed by atoms with Crippen molar-refractivity contribution in [3.63, 3.8) is 0 Å².